The Morgan fingerprint density at radius 3 is 1.83 bits per heavy atom. The molecular formula is C53H34N4O. The van der Waals surface area contributed by atoms with Crippen LogP contribution in [-0.4, -0.2) is 16.2 Å². The first-order valence-electron chi connectivity index (χ1n) is 19.7. The van der Waals surface area contributed by atoms with Crippen molar-refractivity contribution in [1.82, 2.24) is 9.88 Å². The number of hydrogen-bond donors (Lipinski definition) is 1. The van der Waals surface area contributed by atoms with Gasteiger partial charge in [-0.05, 0) is 74.6 Å². The van der Waals surface area contributed by atoms with Crippen LogP contribution in [-0.2, 0) is 0 Å². The van der Waals surface area contributed by atoms with E-state index in [1.807, 2.05) is 24.3 Å². The van der Waals surface area contributed by atoms with Crippen LogP contribution in [0.2, 0.25) is 0 Å². The highest BCUT2D eigenvalue weighted by atomic mass is 16.3. The smallest absolute Gasteiger partial charge is 0.159 e. The highest BCUT2D eigenvalue weighted by molar-refractivity contribution is 6.29. The third-order valence-corrected chi connectivity index (χ3v) is 11.6. The molecule has 2 aromatic heterocycles. The molecule has 1 aliphatic heterocycles. The molecule has 58 heavy (non-hydrogen) atoms. The van der Waals surface area contributed by atoms with Crippen molar-refractivity contribution in [2.75, 3.05) is 0 Å². The maximum absolute atomic E-state index is 6.97. The molecule has 0 fully saturated rings. The number of benzene rings is 9. The summed E-state index contributed by atoms with van der Waals surface area (Å²) >= 11 is 0. The molecule has 1 atom stereocenters. The molecule has 1 unspecified atom stereocenters. The maximum Gasteiger partial charge on any atom is 0.159 e. The van der Waals surface area contributed by atoms with Crippen molar-refractivity contribution in [2.45, 2.75) is 6.17 Å². The average molecular weight is 743 g/mol. The summed E-state index contributed by atoms with van der Waals surface area (Å²) in [6.07, 6.45) is -0.315. The zero-order chi connectivity index (χ0) is 38.2. The van der Waals surface area contributed by atoms with Crippen LogP contribution in [0.3, 0.4) is 0 Å². The van der Waals surface area contributed by atoms with Gasteiger partial charge in [-0.2, -0.15) is 0 Å². The van der Waals surface area contributed by atoms with E-state index in [1.165, 1.54) is 32.3 Å². The number of aliphatic imine (C=N–C) groups is 2. The molecule has 0 bridgehead atoms. The molecule has 12 rings (SSSR count). The van der Waals surface area contributed by atoms with Gasteiger partial charge < -0.3 is 14.3 Å². The first kappa shape index (κ1) is 32.5. The average Bonchev–Trinajstić information content (AvgIpc) is 3.85. The van der Waals surface area contributed by atoms with E-state index in [2.05, 4.69) is 180 Å². The summed E-state index contributed by atoms with van der Waals surface area (Å²) in [4.78, 5) is 10.3. The van der Waals surface area contributed by atoms with Crippen LogP contribution in [0.1, 0.15) is 22.9 Å². The number of hydrogen-bond acceptors (Lipinski definition) is 4. The van der Waals surface area contributed by atoms with Gasteiger partial charge in [-0.3, -0.25) is 0 Å². The van der Waals surface area contributed by atoms with Gasteiger partial charge >= 0.3 is 0 Å². The van der Waals surface area contributed by atoms with E-state index in [0.29, 0.717) is 5.84 Å². The molecule has 0 amide bonds. The zero-order valence-corrected chi connectivity index (χ0v) is 31.3. The maximum atomic E-state index is 6.97. The van der Waals surface area contributed by atoms with E-state index in [9.17, 15) is 0 Å². The van der Waals surface area contributed by atoms with Gasteiger partial charge in [0, 0.05) is 32.7 Å². The van der Waals surface area contributed by atoms with Crippen molar-refractivity contribution in [2.24, 2.45) is 9.98 Å². The van der Waals surface area contributed by atoms with Crippen LogP contribution >= 0.6 is 0 Å². The minimum absolute atomic E-state index is 0.315. The summed E-state index contributed by atoms with van der Waals surface area (Å²) in [5.74, 6) is 1.42. The van der Waals surface area contributed by atoms with Crippen molar-refractivity contribution in [3.63, 3.8) is 0 Å². The lowest BCUT2D eigenvalue weighted by molar-refractivity contribution is 0.664. The molecule has 0 saturated carbocycles. The molecule has 5 heteroatoms. The second-order valence-electron chi connectivity index (χ2n) is 15.0. The van der Waals surface area contributed by atoms with Gasteiger partial charge in [-0.25, -0.2) is 9.98 Å². The fourth-order valence-electron chi connectivity index (χ4n) is 8.91. The third-order valence-electron chi connectivity index (χ3n) is 11.6. The van der Waals surface area contributed by atoms with Gasteiger partial charge in [-0.15, -0.1) is 0 Å². The Kier molecular flexibility index (Phi) is 7.23. The van der Waals surface area contributed by atoms with E-state index in [0.717, 1.165) is 72.3 Å². The van der Waals surface area contributed by atoms with Crippen molar-refractivity contribution in [3.05, 3.63) is 211 Å². The molecule has 11 aromatic rings. The summed E-state index contributed by atoms with van der Waals surface area (Å²) in [7, 11) is 0. The zero-order valence-electron chi connectivity index (χ0n) is 31.3. The fraction of sp³-hybridized carbons (Fsp3) is 0.0189. The van der Waals surface area contributed by atoms with Gasteiger partial charge in [0.05, 0.1) is 16.7 Å². The Balaban J connectivity index is 1.03. The van der Waals surface area contributed by atoms with Crippen LogP contribution in [0.25, 0.3) is 82.1 Å². The Morgan fingerprint density at radius 2 is 1.09 bits per heavy atom. The number of furan rings is 1. The van der Waals surface area contributed by atoms with E-state index in [-0.39, 0.29) is 6.17 Å². The Bertz CT molecular complexity index is 3390. The van der Waals surface area contributed by atoms with Gasteiger partial charge in [0.2, 0.25) is 0 Å². The number of para-hydroxylation sites is 1. The predicted octanol–water partition coefficient (Wildman–Crippen LogP) is 13.2. The summed E-state index contributed by atoms with van der Waals surface area (Å²) in [6.45, 7) is 0. The van der Waals surface area contributed by atoms with Gasteiger partial charge in [0.25, 0.3) is 0 Å². The molecule has 0 radical (unpaired) electrons. The number of fused-ring (bicyclic) bond motifs is 10. The Hall–Kier alpha value is -7.76. The predicted molar refractivity (Wildman–Crippen MR) is 240 cm³/mol. The van der Waals surface area contributed by atoms with Gasteiger partial charge in [-0.1, -0.05) is 158 Å². The first-order chi connectivity index (χ1) is 28.7. The molecule has 1 aliphatic rings. The SMILES string of the molecule is c1ccc(-c2cccc(C3=NC(c4ccccc4)NC(c4ccc5c(c4)oc4c(-n6c7ccc8ccccc8c7c7c8ccccc8ccc76)cccc45)=N3)c2)cc1. The van der Waals surface area contributed by atoms with Crippen LogP contribution < -0.4 is 5.32 Å². The van der Waals surface area contributed by atoms with Crippen LogP contribution in [0.15, 0.2) is 209 Å². The lowest BCUT2D eigenvalue weighted by Crippen LogP contribution is -2.33. The molecule has 272 valence electrons. The second kappa shape index (κ2) is 12.9. The van der Waals surface area contributed by atoms with Crippen molar-refractivity contribution in [3.8, 4) is 16.8 Å². The molecule has 5 nitrogen and oxygen atoms in total. The minimum atomic E-state index is -0.315. The normalized spacial score (nSPS) is 14.4. The minimum Gasteiger partial charge on any atom is -0.454 e. The van der Waals surface area contributed by atoms with Crippen molar-refractivity contribution < 1.29 is 4.42 Å². The molecule has 3 heterocycles. The summed E-state index contributed by atoms with van der Waals surface area (Å²) in [6, 6.07) is 68.5. The standard InChI is InChI=1S/C53H34N4O/c1-3-13-33(14-4-1)37-19-11-20-38(31-37)52-54-51(36-17-5-2-6-18-36)55-53(56-52)39-25-28-42-43-23-12-24-46(50(43)58-47(42)32-39)57-44-29-26-34-15-7-9-21-40(34)48(44)49-41-22-10-8-16-35(41)27-30-45(49)57/h1-32,51H,(H,54,55,56). The van der Waals surface area contributed by atoms with Crippen molar-refractivity contribution in [1.29, 1.82) is 0 Å². The van der Waals surface area contributed by atoms with Gasteiger partial charge in [0.1, 0.15) is 17.6 Å². The van der Waals surface area contributed by atoms with E-state index in [1.54, 1.807) is 0 Å². The third kappa shape index (κ3) is 5.10. The lowest BCUT2D eigenvalue weighted by Gasteiger charge is -2.23. The monoisotopic (exact) mass is 742 g/mol. The number of aromatic nitrogens is 1. The van der Waals surface area contributed by atoms with Crippen LogP contribution in [0.4, 0.5) is 0 Å². The lowest BCUT2D eigenvalue weighted by atomic mass is 10.00. The van der Waals surface area contributed by atoms with Gasteiger partial charge in [0.15, 0.2) is 11.4 Å². The summed E-state index contributed by atoms with van der Waals surface area (Å²) in [5, 5.41) is 13.2. The Labute approximate surface area is 333 Å². The molecule has 0 spiro atoms. The fourth-order valence-corrected chi connectivity index (χ4v) is 8.91. The van der Waals surface area contributed by atoms with Crippen molar-refractivity contribution >= 4 is 77.0 Å². The van der Waals surface area contributed by atoms with E-state index >= 15 is 0 Å². The highest BCUT2D eigenvalue weighted by Crippen LogP contribution is 2.43. The summed E-state index contributed by atoms with van der Waals surface area (Å²) < 4.78 is 9.35. The molecule has 1 N–H and O–H groups in total. The second-order valence-corrected chi connectivity index (χ2v) is 15.0. The molecule has 0 saturated heterocycles. The first-order valence-corrected chi connectivity index (χ1v) is 19.7. The Morgan fingerprint density at radius 1 is 0.466 bits per heavy atom. The molecule has 0 aliphatic carbocycles. The largest absolute Gasteiger partial charge is 0.454 e. The topological polar surface area (TPSA) is 54.8 Å². The number of nitrogens with one attached hydrogen (secondary N) is 1. The molecular weight excluding hydrogens is 709 g/mol. The number of amidine groups is 2. The van der Waals surface area contributed by atoms with E-state index in [4.69, 9.17) is 14.4 Å². The van der Waals surface area contributed by atoms with Crippen LogP contribution in [0, 0.1) is 0 Å². The number of rotatable bonds is 5. The quantitative estimate of drug-likeness (QED) is 0.191. The summed E-state index contributed by atoms with van der Waals surface area (Å²) in [5.41, 5.74) is 10.2. The number of nitrogens with zero attached hydrogens (tertiary/aromatic N) is 3. The van der Waals surface area contributed by atoms with E-state index < -0.39 is 0 Å². The molecule has 9 aromatic carbocycles. The van der Waals surface area contributed by atoms with Crippen LogP contribution in [0.5, 0.6) is 0 Å². The highest BCUT2D eigenvalue weighted by Gasteiger charge is 2.24.